The van der Waals surface area contributed by atoms with Gasteiger partial charge < -0.3 is 16.0 Å². The smallest absolute Gasteiger partial charge is 0.254 e. The first-order valence-electron chi connectivity index (χ1n) is 9.64. The Morgan fingerprint density at radius 2 is 1.67 bits per heavy atom. The molecule has 0 unspecified atom stereocenters. The number of hydrogen-bond acceptors (Lipinski definition) is 3. The number of nitrogens with one attached hydrogen (secondary N) is 1. The van der Waals surface area contributed by atoms with E-state index in [1.807, 2.05) is 42.5 Å². The van der Waals surface area contributed by atoms with E-state index in [4.69, 9.17) is 5.73 Å². The second kappa shape index (κ2) is 9.80. The molecule has 0 spiro atoms. The second-order valence-electron chi connectivity index (χ2n) is 7.03. The third-order valence-electron chi connectivity index (χ3n) is 4.65. The van der Waals surface area contributed by atoms with E-state index in [9.17, 15) is 14.0 Å². The van der Waals surface area contributed by atoms with Crippen molar-refractivity contribution in [2.24, 2.45) is 5.73 Å². The van der Waals surface area contributed by atoms with Gasteiger partial charge in [-0.05, 0) is 41.0 Å². The molecule has 30 heavy (non-hydrogen) atoms. The highest BCUT2D eigenvalue weighted by Crippen LogP contribution is 2.21. The first-order valence-corrected chi connectivity index (χ1v) is 9.64. The third kappa shape index (κ3) is 5.52. The van der Waals surface area contributed by atoms with Crippen LogP contribution in [0.3, 0.4) is 0 Å². The minimum Gasteiger partial charge on any atom is -0.330 e. The number of halogens is 1. The van der Waals surface area contributed by atoms with Gasteiger partial charge in [-0.25, -0.2) is 4.39 Å². The number of para-hydroxylation sites is 1. The van der Waals surface area contributed by atoms with Crippen molar-refractivity contribution in [2.75, 3.05) is 5.32 Å². The van der Waals surface area contributed by atoms with Gasteiger partial charge in [-0.1, -0.05) is 48.5 Å². The van der Waals surface area contributed by atoms with Gasteiger partial charge in [0.1, 0.15) is 5.82 Å². The number of benzene rings is 3. The van der Waals surface area contributed by atoms with Crippen molar-refractivity contribution in [3.05, 3.63) is 101 Å². The SMILES string of the molecule is CC(=O)Nc1ccccc1CN(Cc1cccc(CN)c1)C(=O)c1cccc(F)c1. The zero-order valence-corrected chi connectivity index (χ0v) is 16.8. The maximum atomic E-state index is 13.7. The van der Waals surface area contributed by atoms with Gasteiger partial charge in [0.25, 0.3) is 5.91 Å². The van der Waals surface area contributed by atoms with E-state index in [-0.39, 0.29) is 23.9 Å². The number of nitrogens with zero attached hydrogens (tertiary/aromatic N) is 1. The molecule has 0 saturated heterocycles. The predicted octanol–water partition coefficient (Wildman–Crippen LogP) is 4.09. The van der Waals surface area contributed by atoms with Gasteiger partial charge in [0.05, 0.1) is 0 Å². The molecule has 0 saturated carbocycles. The van der Waals surface area contributed by atoms with Crippen LogP contribution in [0.15, 0.2) is 72.8 Å². The van der Waals surface area contributed by atoms with Crippen LogP contribution in [-0.4, -0.2) is 16.7 Å². The number of amides is 2. The van der Waals surface area contributed by atoms with Crippen molar-refractivity contribution >= 4 is 17.5 Å². The van der Waals surface area contributed by atoms with Crippen LogP contribution >= 0.6 is 0 Å². The molecule has 0 fully saturated rings. The summed E-state index contributed by atoms with van der Waals surface area (Å²) in [6.07, 6.45) is 0. The van der Waals surface area contributed by atoms with E-state index in [1.165, 1.54) is 25.1 Å². The highest BCUT2D eigenvalue weighted by Gasteiger charge is 2.19. The summed E-state index contributed by atoms with van der Waals surface area (Å²) in [5.41, 5.74) is 9.31. The Bertz CT molecular complexity index is 1050. The van der Waals surface area contributed by atoms with Gasteiger partial charge in [-0.3, -0.25) is 9.59 Å². The molecule has 0 atom stereocenters. The summed E-state index contributed by atoms with van der Waals surface area (Å²) in [6, 6.07) is 20.6. The normalized spacial score (nSPS) is 10.5. The fraction of sp³-hybridized carbons (Fsp3) is 0.167. The molecule has 0 radical (unpaired) electrons. The monoisotopic (exact) mass is 405 g/mol. The average Bonchev–Trinajstić information content (AvgIpc) is 2.74. The summed E-state index contributed by atoms with van der Waals surface area (Å²) in [7, 11) is 0. The van der Waals surface area contributed by atoms with Crippen molar-refractivity contribution < 1.29 is 14.0 Å². The molecule has 0 heterocycles. The van der Waals surface area contributed by atoms with Crippen LogP contribution in [-0.2, 0) is 24.4 Å². The Morgan fingerprint density at radius 3 is 2.40 bits per heavy atom. The number of rotatable bonds is 7. The number of nitrogens with two attached hydrogens (primary N) is 1. The lowest BCUT2D eigenvalue weighted by molar-refractivity contribution is -0.114. The molecule has 3 rings (SSSR count). The van der Waals surface area contributed by atoms with Crippen LogP contribution in [0.5, 0.6) is 0 Å². The van der Waals surface area contributed by atoms with Crippen LogP contribution in [0.1, 0.15) is 34.0 Å². The quantitative estimate of drug-likeness (QED) is 0.622. The van der Waals surface area contributed by atoms with Crippen molar-refractivity contribution in [2.45, 2.75) is 26.6 Å². The van der Waals surface area contributed by atoms with Crippen molar-refractivity contribution in [3.8, 4) is 0 Å². The van der Waals surface area contributed by atoms with Gasteiger partial charge in [0.2, 0.25) is 5.91 Å². The van der Waals surface area contributed by atoms with E-state index < -0.39 is 5.82 Å². The third-order valence-corrected chi connectivity index (χ3v) is 4.65. The molecular weight excluding hydrogens is 381 g/mol. The Labute approximate surface area is 175 Å². The molecule has 2 amide bonds. The van der Waals surface area contributed by atoms with E-state index in [1.54, 1.807) is 17.0 Å². The second-order valence-corrected chi connectivity index (χ2v) is 7.03. The van der Waals surface area contributed by atoms with Crippen LogP contribution in [0, 0.1) is 5.82 Å². The summed E-state index contributed by atoms with van der Waals surface area (Å²) in [6.45, 7) is 2.40. The molecule has 6 heteroatoms. The topological polar surface area (TPSA) is 75.4 Å². The number of hydrogen-bond donors (Lipinski definition) is 2. The lowest BCUT2D eigenvalue weighted by Crippen LogP contribution is -2.30. The molecule has 3 aromatic rings. The largest absolute Gasteiger partial charge is 0.330 e. The summed E-state index contributed by atoms with van der Waals surface area (Å²) < 4.78 is 13.7. The summed E-state index contributed by atoms with van der Waals surface area (Å²) in [5, 5.41) is 2.80. The van der Waals surface area contributed by atoms with E-state index >= 15 is 0 Å². The van der Waals surface area contributed by atoms with E-state index in [2.05, 4.69) is 5.32 Å². The van der Waals surface area contributed by atoms with E-state index in [0.29, 0.717) is 18.8 Å². The standard InChI is InChI=1S/C24H24FN3O2/c1-17(29)27-23-11-3-2-8-21(23)16-28(15-19-7-4-6-18(12-19)14-26)24(30)20-9-5-10-22(25)13-20/h2-13H,14-16,26H2,1H3,(H,27,29). The maximum Gasteiger partial charge on any atom is 0.254 e. The number of carbonyl (C=O) groups excluding carboxylic acids is 2. The van der Waals surface area contributed by atoms with Crippen molar-refractivity contribution in [1.82, 2.24) is 4.90 Å². The molecule has 154 valence electrons. The molecule has 0 aliphatic carbocycles. The molecule has 0 aliphatic rings. The fourth-order valence-corrected chi connectivity index (χ4v) is 3.25. The number of anilines is 1. The zero-order valence-electron chi connectivity index (χ0n) is 16.8. The molecule has 3 N–H and O–H groups in total. The lowest BCUT2D eigenvalue weighted by Gasteiger charge is -2.25. The van der Waals surface area contributed by atoms with Crippen LogP contribution in [0.2, 0.25) is 0 Å². The Hall–Kier alpha value is -3.51. The molecular formula is C24H24FN3O2. The molecule has 0 bridgehead atoms. The van der Waals surface area contributed by atoms with Gasteiger partial charge in [0.15, 0.2) is 0 Å². The van der Waals surface area contributed by atoms with Crippen LogP contribution in [0.4, 0.5) is 10.1 Å². The van der Waals surface area contributed by atoms with Crippen LogP contribution < -0.4 is 11.1 Å². The highest BCUT2D eigenvalue weighted by atomic mass is 19.1. The van der Waals surface area contributed by atoms with Gasteiger partial charge >= 0.3 is 0 Å². The first kappa shape index (κ1) is 21.2. The zero-order chi connectivity index (χ0) is 21.5. The Balaban J connectivity index is 1.95. The van der Waals surface area contributed by atoms with Gasteiger partial charge in [-0.2, -0.15) is 0 Å². The average molecular weight is 405 g/mol. The predicted molar refractivity (Wildman–Crippen MR) is 115 cm³/mol. The Morgan fingerprint density at radius 1 is 0.933 bits per heavy atom. The van der Waals surface area contributed by atoms with Crippen molar-refractivity contribution in [3.63, 3.8) is 0 Å². The fourth-order valence-electron chi connectivity index (χ4n) is 3.25. The molecule has 5 nitrogen and oxygen atoms in total. The maximum absolute atomic E-state index is 13.7. The Kier molecular flexibility index (Phi) is 6.93. The summed E-state index contributed by atoms with van der Waals surface area (Å²) >= 11 is 0. The minimum absolute atomic E-state index is 0.193. The van der Waals surface area contributed by atoms with Gasteiger partial charge in [-0.15, -0.1) is 0 Å². The van der Waals surface area contributed by atoms with Gasteiger partial charge in [0, 0.05) is 37.8 Å². The summed E-state index contributed by atoms with van der Waals surface area (Å²) in [4.78, 5) is 26.4. The molecule has 0 aliphatic heterocycles. The molecule has 3 aromatic carbocycles. The minimum atomic E-state index is -0.468. The highest BCUT2D eigenvalue weighted by molar-refractivity contribution is 5.94. The lowest BCUT2D eigenvalue weighted by atomic mass is 10.1. The van der Waals surface area contributed by atoms with Crippen molar-refractivity contribution in [1.29, 1.82) is 0 Å². The number of carbonyl (C=O) groups is 2. The van der Waals surface area contributed by atoms with E-state index in [0.717, 1.165) is 16.7 Å². The summed E-state index contributed by atoms with van der Waals surface area (Å²) in [5.74, 6) is -0.962. The van der Waals surface area contributed by atoms with Crippen LogP contribution in [0.25, 0.3) is 0 Å². The first-order chi connectivity index (χ1) is 14.5. The molecule has 0 aromatic heterocycles.